The average Bonchev–Trinajstić information content (AvgIpc) is 3.64. The third-order valence-corrected chi connectivity index (χ3v) is 10.3. The predicted octanol–water partition coefficient (Wildman–Crippen LogP) is 9.17. The fourth-order valence-electron chi connectivity index (χ4n) is 5.57. The molecule has 0 spiro atoms. The van der Waals surface area contributed by atoms with Crippen LogP contribution in [0.2, 0.25) is 0 Å². The van der Waals surface area contributed by atoms with Crippen molar-refractivity contribution in [1.29, 1.82) is 0 Å². The molecule has 5 nitrogen and oxygen atoms in total. The van der Waals surface area contributed by atoms with Gasteiger partial charge in [-0.2, -0.15) is 0 Å². The summed E-state index contributed by atoms with van der Waals surface area (Å²) in [4.78, 5) is 4.17. The molecule has 2 aromatic heterocycles. The number of hydrogen-bond acceptors (Lipinski definition) is 7. The molecule has 1 saturated heterocycles. The van der Waals surface area contributed by atoms with Gasteiger partial charge in [0.2, 0.25) is 0 Å². The van der Waals surface area contributed by atoms with Gasteiger partial charge in [0, 0.05) is 47.5 Å². The van der Waals surface area contributed by atoms with Crippen molar-refractivity contribution in [2.75, 3.05) is 33.0 Å². The first-order valence-electron chi connectivity index (χ1n) is 16.6. The van der Waals surface area contributed by atoms with Gasteiger partial charge in [-0.25, -0.2) is 0 Å². The van der Waals surface area contributed by atoms with Gasteiger partial charge in [0.05, 0.1) is 6.61 Å². The summed E-state index contributed by atoms with van der Waals surface area (Å²) in [5.74, 6) is 0. The molecule has 2 unspecified atom stereocenters. The zero-order chi connectivity index (χ0) is 29.6. The minimum atomic E-state index is -0.224. The number of fused-ring (bicyclic) bond motifs is 1. The Morgan fingerprint density at radius 2 is 1.48 bits per heavy atom. The Labute approximate surface area is 262 Å². The van der Waals surface area contributed by atoms with Gasteiger partial charge in [-0.05, 0) is 67.2 Å². The molecule has 2 aliphatic rings. The van der Waals surface area contributed by atoms with Crippen molar-refractivity contribution < 1.29 is 23.7 Å². The van der Waals surface area contributed by atoms with Crippen molar-refractivity contribution in [2.45, 2.75) is 129 Å². The van der Waals surface area contributed by atoms with Crippen LogP contribution in [0.15, 0.2) is 23.6 Å². The molecule has 1 aliphatic carbocycles. The van der Waals surface area contributed by atoms with E-state index in [2.05, 4.69) is 57.4 Å². The SMILES string of the molecule is CCCCOCC1OC(c2cc(Cc3cc4c(s3)CCC=C4)cs2)[C@H](OCCCC)[C@@H](OCCCC)[C@@H]1OCCCC. The number of ether oxygens (including phenoxy) is 5. The molecular weight excluding hydrogens is 565 g/mol. The van der Waals surface area contributed by atoms with Crippen molar-refractivity contribution in [3.63, 3.8) is 0 Å². The molecule has 2 aromatic rings. The number of hydrogen-bond donors (Lipinski definition) is 0. The number of aryl methyl sites for hydroxylation is 1. The van der Waals surface area contributed by atoms with E-state index < -0.39 is 0 Å². The van der Waals surface area contributed by atoms with Crippen LogP contribution < -0.4 is 0 Å². The molecule has 0 amide bonds. The van der Waals surface area contributed by atoms with E-state index in [4.69, 9.17) is 23.7 Å². The van der Waals surface area contributed by atoms with Crippen molar-refractivity contribution in [1.82, 2.24) is 0 Å². The second-order valence-electron chi connectivity index (χ2n) is 11.7. The summed E-state index contributed by atoms with van der Waals surface area (Å²) in [5, 5.41) is 2.31. The molecule has 0 bridgehead atoms. The fraction of sp³-hybridized carbons (Fsp3) is 0.714. The monoisotopic (exact) mass is 618 g/mol. The third kappa shape index (κ3) is 9.72. The molecule has 236 valence electrons. The van der Waals surface area contributed by atoms with Gasteiger partial charge in [0.15, 0.2) is 0 Å². The zero-order valence-corrected chi connectivity index (χ0v) is 28.1. The van der Waals surface area contributed by atoms with Crippen molar-refractivity contribution in [2.24, 2.45) is 0 Å². The van der Waals surface area contributed by atoms with Crippen molar-refractivity contribution in [3.05, 3.63) is 49.3 Å². The first-order valence-corrected chi connectivity index (χ1v) is 18.3. The smallest absolute Gasteiger partial charge is 0.121 e. The number of thiophene rings is 2. The van der Waals surface area contributed by atoms with Gasteiger partial charge in [-0.15, -0.1) is 22.7 Å². The van der Waals surface area contributed by atoms with E-state index in [1.54, 1.807) is 11.3 Å². The molecular formula is C35H54O5S2. The Balaban J connectivity index is 1.58. The molecule has 0 saturated carbocycles. The molecule has 4 rings (SSSR count). The van der Waals surface area contributed by atoms with Gasteiger partial charge in [-0.1, -0.05) is 65.5 Å². The number of unbranched alkanes of at least 4 members (excludes halogenated alkanes) is 4. The molecule has 7 heteroatoms. The summed E-state index contributed by atoms with van der Waals surface area (Å²) in [6, 6.07) is 4.72. The molecule has 0 N–H and O–H groups in total. The van der Waals surface area contributed by atoms with Crippen LogP contribution in [0, 0.1) is 0 Å². The highest BCUT2D eigenvalue weighted by atomic mass is 32.1. The van der Waals surface area contributed by atoms with Crippen LogP contribution in [-0.2, 0) is 36.5 Å². The van der Waals surface area contributed by atoms with Crippen LogP contribution in [0.4, 0.5) is 0 Å². The molecule has 3 heterocycles. The van der Waals surface area contributed by atoms with Gasteiger partial charge in [0.25, 0.3) is 0 Å². The summed E-state index contributed by atoms with van der Waals surface area (Å²) < 4.78 is 33.0. The minimum absolute atomic E-state index is 0.204. The second-order valence-corrected chi connectivity index (χ2v) is 13.8. The van der Waals surface area contributed by atoms with Gasteiger partial charge in [0.1, 0.15) is 30.5 Å². The molecule has 1 aliphatic heterocycles. The van der Waals surface area contributed by atoms with E-state index in [0.717, 1.165) is 70.8 Å². The Kier molecular flexibility index (Phi) is 15.0. The summed E-state index contributed by atoms with van der Waals surface area (Å²) >= 11 is 3.76. The van der Waals surface area contributed by atoms with Crippen molar-refractivity contribution in [3.8, 4) is 0 Å². The van der Waals surface area contributed by atoms with E-state index >= 15 is 0 Å². The number of rotatable bonds is 20. The quantitative estimate of drug-likeness (QED) is 0.139. The Bertz CT molecular complexity index is 1050. The molecule has 42 heavy (non-hydrogen) atoms. The van der Waals surface area contributed by atoms with Crippen LogP contribution in [0.3, 0.4) is 0 Å². The zero-order valence-electron chi connectivity index (χ0n) is 26.4. The Morgan fingerprint density at radius 3 is 2.17 bits per heavy atom. The van der Waals surface area contributed by atoms with Gasteiger partial charge >= 0.3 is 0 Å². The molecule has 0 aromatic carbocycles. The van der Waals surface area contributed by atoms with Crippen molar-refractivity contribution >= 4 is 28.7 Å². The largest absolute Gasteiger partial charge is 0.379 e. The standard InChI is InChI=1S/C35H54O5S2/c1-5-9-17-36-24-29-32(37-18-10-6-2)34(38-19-11-7-3)35(39-20-12-8-4)33(40-29)31-22-26(25-41-31)21-28-23-27-15-13-14-16-30(27)42-28/h13,15,22-23,25,29,32-35H,5-12,14,16-21,24H2,1-4H3/t29?,32-,33?,34+,35+/m1/s1. The van der Waals surface area contributed by atoms with E-state index in [0.29, 0.717) is 26.4 Å². The number of allylic oxidation sites excluding steroid dienone is 1. The maximum atomic E-state index is 6.95. The summed E-state index contributed by atoms with van der Waals surface area (Å²) in [6.07, 6.45) is 15.3. The Hall–Kier alpha value is -1.06. The van der Waals surface area contributed by atoms with Gasteiger partial charge < -0.3 is 23.7 Å². The van der Waals surface area contributed by atoms with E-state index in [9.17, 15) is 0 Å². The minimum Gasteiger partial charge on any atom is -0.379 e. The van der Waals surface area contributed by atoms with Crippen LogP contribution in [0.25, 0.3) is 6.08 Å². The summed E-state index contributed by atoms with van der Waals surface area (Å²) in [7, 11) is 0. The molecule has 0 radical (unpaired) electrons. The van der Waals surface area contributed by atoms with Crippen LogP contribution in [0.5, 0.6) is 0 Å². The lowest BCUT2D eigenvalue weighted by Gasteiger charge is -2.46. The topological polar surface area (TPSA) is 46.2 Å². The van der Waals surface area contributed by atoms with Crippen LogP contribution in [-0.4, -0.2) is 57.5 Å². The highest BCUT2D eigenvalue weighted by molar-refractivity contribution is 7.12. The lowest BCUT2D eigenvalue weighted by Crippen LogP contribution is -2.58. The lowest BCUT2D eigenvalue weighted by atomic mass is 9.93. The van der Waals surface area contributed by atoms with Gasteiger partial charge in [-0.3, -0.25) is 0 Å². The maximum Gasteiger partial charge on any atom is 0.121 e. The van der Waals surface area contributed by atoms with E-state index in [1.807, 2.05) is 11.3 Å². The highest BCUT2D eigenvalue weighted by Gasteiger charge is 2.49. The van der Waals surface area contributed by atoms with E-state index in [-0.39, 0.29) is 30.5 Å². The Morgan fingerprint density at radius 1 is 0.810 bits per heavy atom. The fourth-order valence-corrected chi connectivity index (χ4v) is 7.76. The molecule has 1 fully saturated rings. The van der Waals surface area contributed by atoms with Crippen LogP contribution in [0.1, 0.15) is 117 Å². The van der Waals surface area contributed by atoms with Crippen LogP contribution >= 0.6 is 22.7 Å². The first kappa shape index (κ1) is 33.8. The summed E-state index contributed by atoms with van der Waals surface area (Å²) in [5.41, 5.74) is 2.75. The lowest BCUT2D eigenvalue weighted by molar-refractivity contribution is -0.267. The third-order valence-electron chi connectivity index (χ3n) is 8.04. The molecule has 5 atom stereocenters. The predicted molar refractivity (Wildman–Crippen MR) is 176 cm³/mol. The van der Waals surface area contributed by atoms with E-state index in [1.165, 1.54) is 32.2 Å². The summed E-state index contributed by atoms with van der Waals surface area (Å²) in [6.45, 7) is 12.1. The second kappa shape index (κ2) is 18.7. The first-order chi connectivity index (χ1) is 20.7. The maximum absolute atomic E-state index is 6.95. The average molecular weight is 619 g/mol. The highest BCUT2D eigenvalue weighted by Crippen LogP contribution is 2.40. The normalized spacial score (nSPS) is 23.9.